The number of pyridine rings is 1. The fourth-order valence-corrected chi connectivity index (χ4v) is 2.89. The van der Waals surface area contributed by atoms with Gasteiger partial charge in [-0.1, -0.05) is 11.2 Å². The van der Waals surface area contributed by atoms with Gasteiger partial charge in [-0.3, -0.25) is 4.98 Å². The summed E-state index contributed by atoms with van der Waals surface area (Å²) in [4.78, 5) is 4.17. The van der Waals surface area contributed by atoms with Crippen LogP contribution in [0.25, 0.3) is 0 Å². The summed E-state index contributed by atoms with van der Waals surface area (Å²) < 4.78 is 0. The second-order valence-corrected chi connectivity index (χ2v) is 5.74. The van der Waals surface area contributed by atoms with Crippen LogP contribution in [-0.4, -0.2) is 22.6 Å². The topological polar surface area (TPSA) is 83.5 Å². The summed E-state index contributed by atoms with van der Waals surface area (Å²) in [7, 11) is 0. The van der Waals surface area contributed by atoms with E-state index in [2.05, 4.69) is 15.5 Å². The number of hydrogen-bond donors (Lipinski definition) is 3. The van der Waals surface area contributed by atoms with Crippen molar-refractivity contribution in [2.24, 2.45) is 22.2 Å². The highest BCUT2D eigenvalue weighted by atomic mass is 16.4. The van der Waals surface area contributed by atoms with Crippen LogP contribution in [0.15, 0.2) is 23.5 Å². The molecule has 0 unspecified atom stereocenters. The second-order valence-electron chi connectivity index (χ2n) is 5.74. The molecule has 2 saturated carbocycles. The molecule has 0 bridgehead atoms. The molecule has 0 aromatic carbocycles. The molecule has 5 heteroatoms. The van der Waals surface area contributed by atoms with E-state index in [-0.39, 0.29) is 5.84 Å². The Hall–Kier alpha value is -1.62. The zero-order valence-electron chi connectivity index (χ0n) is 11.0. The van der Waals surface area contributed by atoms with E-state index in [1.54, 1.807) is 6.20 Å². The summed E-state index contributed by atoms with van der Waals surface area (Å²) in [5.41, 5.74) is 7.76. The summed E-state index contributed by atoms with van der Waals surface area (Å²) in [6.45, 7) is 1.79. The molecule has 0 atom stereocenters. The Balaban J connectivity index is 1.60. The minimum absolute atomic E-state index is 0.0701. The van der Waals surface area contributed by atoms with Gasteiger partial charge in [-0.25, -0.2) is 0 Å². The molecule has 0 amide bonds. The standard InChI is InChI=1S/C14H20N4O/c15-13(18-19)12-10(2-1-7-17-12)8-16-9-14(5-6-14)11-3-4-11/h1-2,7,11,16,19H,3-6,8-9H2,(H2,15,18). The molecule has 1 aromatic rings. The van der Waals surface area contributed by atoms with Crippen LogP contribution >= 0.6 is 0 Å². The first-order valence-electron chi connectivity index (χ1n) is 6.88. The first-order chi connectivity index (χ1) is 9.25. The number of amidine groups is 1. The molecule has 1 aromatic heterocycles. The average molecular weight is 260 g/mol. The first kappa shape index (κ1) is 12.4. The van der Waals surface area contributed by atoms with E-state index in [1.165, 1.54) is 25.7 Å². The van der Waals surface area contributed by atoms with Crippen LogP contribution in [0.3, 0.4) is 0 Å². The van der Waals surface area contributed by atoms with Gasteiger partial charge < -0.3 is 16.3 Å². The molecule has 3 rings (SSSR count). The van der Waals surface area contributed by atoms with Gasteiger partial charge in [0.1, 0.15) is 5.69 Å². The lowest BCUT2D eigenvalue weighted by Crippen LogP contribution is -2.27. The molecule has 102 valence electrons. The Morgan fingerprint density at radius 2 is 2.32 bits per heavy atom. The number of nitrogens with one attached hydrogen (secondary N) is 1. The van der Waals surface area contributed by atoms with Crippen molar-refractivity contribution in [3.05, 3.63) is 29.6 Å². The molecular weight excluding hydrogens is 240 g/mol. The number of oxime groups is 1. The molecule has 2 aliphatic rings. The molecule has 0 radical (unpaired) electrons. The zero-order valence-corrected chi connectivity index (χ0v) is 11.0. The quantitative estimate of drug-likeness (QED) is 0.313. The van der Waals surface area contributed by atoms with Crippen molar-refractivity contribution < 1.29 is 5.21 Å². The highest BCUT2D eigenvalue weighted by Crippen LogP contribution is 2.60. The Bertz CT molecular complexity index is 492. The van der Waals surface area contributed by atoms with Crippen molar-refractivity contribution in [3.63, 3.8) is 0 Å². The van der Waals surface area contributed by atoms with Crippen molar-refractivity contribution in [2.45, 2.75) is 32.2 Å². The number of nitrogens with two attached hydrogens (primary N) is 1. The summed E-state index contributed by atoms with van der Waals surface area (Å²) in [6.07, 6.45) is 7.20. The van der Waals surface area contributed by atoms with E-state index in [4.69, 9.17) is 10.9 Å². The summed E-state index contributed by atoms with van der Waals surface area (Å²) >= 11 is 0. The molecule has 0 aliphatic heterocycles. The van der Waals surface area contributed by atoms with Crippen LogP contribution < -0.4 is 11.1 Å². The van der Waals surface area contributed by atoms with Crippen molar-refractivity contribution in [3.8, 4) is 0 Å². The van der Waals surface area contributed by atoms with Crippen molar-refractivity contribution >= 4 is 5.84 Å². The first-order valence-corrected chi connectivity index (χ1v) is 6.88. The highest BCUT2D eigenvalue weighted by Gasteiger charge is 2.53. The smallest absolute Gasteiger partial charge is 0.189 e. The van der Waals surface area contributed by atoms with Gasteiger partial charge in [0.05, 0.1) is 0 Å². The Morgan fingerprint density at radius 3 is 2.95 bits per heavy atom. The predicted octanol–water partition coefficient (Wildman–Crippen LogP) is 1.46. The van der Waals surface area contributed by atoms with E-state index in [0.717, 1.165) is 18.0 Å². The van der Waals surface area contributed by atoms with Gasteiger partial charge >= 0.3 is 0 Å². The third kappa shape index (κ3) is 2.56. The van der Waals surface area contributed by atoms with Crippen LogP contribution in [-0.2, 0) is 6.54 Å². The third-order valence-electron chi connectivity index (χ3n) is 4.37. The van der Waals surface area contributed by atoms with Gasteiger partial charge in [-0.2, -0.15) is 0 Å². The molecule has 19 heavy (non-hydrogen) atoms. The average Bonchev–Trinajstić information content (AvgIpc) is 3.30. The van der Waals surface area contributed by atoms with Gasteiger partial charge in [-0.05, 0) is 48.6 Å². The lowest BCUT2D eigenvalue weighted by Gasteiger charge is -2.15. The molecule has 2 aliphatic carbocycles. The highest BCUT2D eigenvalue weighted by molar-refractivity contribution is 5.96. The van der Waals surface area contributed by atoms with Crippen molar-refractivity contribution in [1.82, 2.24) is 10.3 Å². The minimum Gasteiger partial charge on any atom is -0.409 e. The number of hydrogen-bond acceptors (Lipinski definition) is 4. The van der Waals surface area contributed by atoms with Crippen LogP contribution in [0.2, 0.25) is 0 Å². The van der Waals surface area contributed by atoms with E-state index in [1.807, 2.05) is 12.1 Å². The van der Waals surface area contributed by atoms with E-state index in [0.29, 0.717) is 17.7 Å². The second kappa shape index (κ2) is 4.81. The summed E-state index contributed by atoms with van der Waals surface area (Å²) in [6, 6.07) is 3.84. The van der Waals surface area contributed by atoms with Crippen molar-refractivity contribution in [1.29, 1.82) is 0 Å². The minimum atomic E-state index is 0.0701. The van der Waals surface area contributed by atoms with Crippen LogP contribution in [0, 0.1) is 11.3 Å². The third-order valence-corrected chi connectivity index (χ3v) is 4.37. The largest absolute Gasteiger partial charge is 0.409 e. The Labute approximate surface area is 112 Å². The SMILES string of the molecule is N/C(=N/O)c1ncccc1CNCC1(C2CC2)CC1. The molecule has 0 saturated heterocycles. The predicted molar refractivity (Wildman–Crippen MR) is 72.8 cm³/mol. The lowest BCUT2D eigenvalue weighted by molar-refractivity contribution is 0.318. The maximum Gasteiger partial charge on any atom is 0.189 e. The van der Waals surface area contributed by atoms with E-state index < -0.39 is 0 Å². The van der Waals surface area contributed by atoms with Gasteiger partial charge in [0.15, 0.2) is 5.84 Å². The number of rotatable bonds is 6. The van der Waals surface area contributed by atoms with Crippen LogP contribution in [0.5, 0.6) is 0 Å². The maximum absolute atomic E-state index is 8.76. The van der Waals surface area contributed by atoms with E-state index in [9.17, 15) is 0 Å². The Morgan fingerprint density at radius 1 is 1.53 bits per heavy atom. The fourth-order valence-electron chi connectivity index (χ4n) is 2.89. The fraction of sp³-hybridized carbons (Fsp3) is 0.571. The number of aromatic nitrogens is 1. The maximum atomic E-state index is 8.76. The summed E-state index contributed by atoms with van der Waals surface area (Å²) in [5, 5.41) is 15.3. The van der Waals surface area contributed by atoms with E-state index >= 15 is 0 Å². The Kier molecular flexibility index (Phi) is 3.14. The molecular formula is C14H20N4O. The molecule has 4 N–H and O–H groups in total. The van der Waals surface area contributed by atoms with Gasteiger partial charge in [0, 0.05) is 19.3 Å². The van der Waals surface area contributed by atoms with Crippen molar-refractivity contribution in [2.75, 3.05) is 6.54 Å². The molecule has 2 fully saturated rings. The van der Waals surface area contributed by atoms with Gasteiger partial charge in [0.25, 0.3) is 0 Å². The monoisotopic (exact) mass is 260 g/mol. The normalized spacial score (nSPS) is 21.4. The number of nitrogens with zero attached hydrogens (tertiary/aromatic N) is 2. The molecule has 1 heterocycles. The van der Waals surface area contributed by atoms with Crippen LogP contribution in [0.4, 0.5) is 0 Å². The molecule has 0 spiro atoms. The molecule has 5 nitrogen and oxygen atoms in total. The lowest BCUT2D eigenvalue weighted by atomic mass is 10.0. The zero-order chi connectivity index (χ0) is 13.3. The van der Waals surface area contributed by atoms with Crippen LogP contribution in [0.1, 0.15) is 36.9 Å². The van der Waals surface area contributed by atoms with Gasteiger partial charge in [-0.15, -0.1) is 0 Å². The summed E-state index contributed by atoms with van der Waals surface area (Å²) in [5.74, 6) is 1.03. The van der Waals surface area contributed by atoms with Gasteiger partial charge in [0.2, 0.25) is 0 Å².